The number of carbonyl (C=O) groups excluding carboxylic acids is 1. The van der Waals surface area contributed by atoms with E-state index < -0.39 is 11.7 Å². The van der Waals surface area contributed by atoms with Crippen molar-refractivity contribution in [2.24, 2.45) is 0 Å². The molecule has 0 saturated heterocycles. The topological polar surface area (TPSA) is 121 Å². The van der Waals surface area contributed by atoms with Gasteiger partial charge in [0.25, 0.3) is 5.91 Å². The molecule has 11 heteroatoms. The van der Waals surface area contributed by atoms with Gasteiger partial charge in [-0.2, -0.15) is 10.4 Å². The number of amides is 1. The molecule has 0 aliphatic heterocycles. The first-order valence-corrected chi connectivity index (χ1v) is 9.54. The van der Waals surface area contributed by atoms with Gasteiger partial charge in [-0.25, -0.2) is 14.2 Å². The van der Waals surface area contributed by atoms with Gasteiger partial charge in [0.2, 0.25) is 0 Å². The molecule has 0 aliphatic rings. The molecule has 0 bridgehead atoms. The van der Waals surface area contributed by atoms with Gasteiger partial charge < -0.3 is 10.3 Å². The van der Waals surface area contributed by atoms with Crippen molar-refractivity contribution in [3.63, 3.8) is 0 Å². The Morgan fingerprint density at radius 3 is 2.94 bits per heavy atom. The fourth-order valence-corrected chi connectivity index (χ4v) is 3.36. The molecule has 156 valence electrons. The molecule has 1 aromatic carbocycles. The molecule has 0 aliphatic carbocycles. The number of aromatic amines is 1. The Hall–Kier alpha value is -3.97. The maximum absolute atomic E-state index is 14.0. The molecule has 0 unspecified atom stereocenters. The predicted octanol–water partition coefficient (Wildman–Crippen LogP) is 2.37. The summed E-state index contributed by atoms with van der Waals surface area (Å²) in [5.74, 6) is -1.14. The van der Waals surface area contributed by atoms with Crippen molar-refractivity contribution in [2.45, 2.75) is 19.5 Å². The van der Waals surface area contributed by atoms with Crippen molar-refractivity contribution in [3.8, 4) is 17.3 Å². The summed E-state index contributed by atoms with van der Waals surface area (Å²) in [5, 5.41) is 16.1. The van der Waals surface area contributed by atoms with Gasteiger partial charge in [0.05, 0.1) is 17.3 Å². The number of nitrogens with one attached hydrogen (secondary N) is 2. The van der Waals surface area contributed by atoms with Crippen LogP contribution in [0.5, 0.6) is 0 Å². The van der Waals surface area contributed by atoms with Crippen molar-refractivity contribution in [3.05, 3.63) is 75.4 Å². The molecule has 9 nitrogen and oxygen atoms in total. The van der Waals surface area contributed by atoms with Crippen LogP contribution < -0.4 is 11.0 Å². The SMILES string of the molecule is C[C@@H](Cn1ccc(-c2cc(F)c(C#N)c(Cl)c2)n1)NC(=O)c1cn2c(=O)[nH]ccc2n1. The number of halogens is 2. The Kier molecular flexibility index (Phi) is 5.27. The molecule has 0 fully saturated rings. The Labute approximate surface area is 179 Å². The standard InChI is InChI=1S/C20H15ClFN7O2/c1-11(25-19(30)17-10-29-18(26-17)2-4-24-20(29)31)9-28-5-3-16(27-28)12-6-14(21)13(8-23)15(22)7-12/h2-7,10-11H,9H2,1H3,(H,24,31)(H,25,30)/t11-/m0/s1. The molecule has 3 aromatic heterocycles. The van der Waals surface area contributed by atoms with E-state index in [1.807, 2.05) is 0 Å². The second-order valence-corrected chi connectivity index (χ2v) is 7.27. The summed E-state index contributed by atoms with van der Waals surface area (Å²) < 4.78 is 16.8. The first-order chi connectivity index (χ1) is 14.9. The molecule has 31 heavy (non-hydrogen) atoms. The van der Waals surface area contributed by atoms with Crippen LogP contribution in [-0.2, 0) is 6.54 Å². The summed E-state index contributed by atoms with van der Waals surface area (Å²) in [6, 6.07) is 7.35. The molecular weight excluding hydrogens is 425 g/mol. The van der Waals surface area contributed by atoms with Gasteiger partial charge >= 0.3 is 5.69 Å². The third kappa shape index (κ3) is 4.04. The fourth-order valence-electron chi connectivity index (χ4n) is 3.11. The van der Waals surface area contributed by atoms with Gasteiger partial charge in [0.15, 0.2) is 0 Å². The molecule has 0 radical (unpaired) electrons. The number of fused-ring (bicyclic) bond motifs is 1. The van der Waals surface area contributed by atoms with Crippen LogP contribution in [0.25, 0.3) is 16.9 Å². The van der Waals surface area contributed by atoms with E-state index >= 15 is 0 Å². The van der Waals surface area contributed by atoms with Gasteiger partial charge in [-0.05, 0) is 31.2 Å². The van der Waals surface area contributed by atoms with Crippen LogP contribution in [0.15, 0.2) is 47.7 Å². The monoisotopic (exact) mass is 439 g/mol. The number of carbonyl (C=O) groups is 1. The van der Waals surface area contributed by atoms with Gasteiger partial charge in [-0.15, -0.1) is 0 Å². The molecule has 4 rings (SSSR count). The lowest BCUT2D eigenvalue weighted by Crippen LogP contribution is -2.36. The first-order valence-electron chi connectivity index (χ1n) is 9.16. The lowest BCUT2D eigenvalue weighted by Gasteiger charge is -2.13. The number of rotatable bonds is 5. The highest BCUT2D eigenvalue weighted by Gasteiger charge is 2.16. The quantitative estimate of drug-likeness (QED) is 0.494. The first kappa shape index (κ1) is 20.3. The zero-order valence-corrected chi connectivity index (χ0v) is 16.9. The lowest BCUT2D eigenvalue weighted by atomic mass is 10.1. The van der Waals surface area contributed by atoms with Crippen molar-refractivity contribution in [1.82, 2.24) is 29.5 Å². The third-order valence-corrected chi connectivity index (χ3v) is 4.85. The van der Waals surface area contributed by atoms with Crippen LogP contribution in [0.4, 0.5) is 4.39 Å². The summed E-state index contributed by atoms with van der Waals surface area (Å²) in [4.78, 5) is 30.9. The van der Waals surface area contributed by atoms with Crippen LogP contribution >= 0.6 is 11.6 Å². The highest BCUT2D eigenvalue weighted by Crippen LogP contribution is 2.26. The minimum Gasteiger partial charge on any atom is -0.346 e. The van der Waals surface area contributed by atoms with Gasteiger partial charge in [0, 0.05) is 30.2 Å². The Balaban J connectivity index is 1.46. The number of hydrogen-bond acceptors (Lipinski definition) is 5. The van der Waals surface area contributed by atoms with E-state index in [0.717, 1.165) is 0 Å². The maximum Gasteiger partial charge on any atom is 0.331 e. The minimum absolute atomic E-state index is 0.0129. The van der Waals surface area contributed by atoms with Gasteiger partial charge in [-0.3, -0.25) is 13.9 Å². The van der Waals surface area contributed by atoms with Crippen LogP contribution in [0, 0.1) is 17.1 Å². The second kappa shape index (κ2) is 8.04. The molecule has 0 saturated carbocycles. The van der Waals surface area contributed by atoms with Crippen molar-refractivity contribution in [2.75, 3.05) is 0 Å². The average Bonchev–Trinajstić information content (AvgIpc) is 3.35. The number of aromatic nitrogens is 5. The van der Waals surface area contributed by atoms with Crippen LogP contribution in [0.2, 0.25) is 5.02 Å². The molecule has 1 atom stereocenters. The van der Waals surface area contributed by atoms with E-state index in [2.05, 4.69) is 20.4 Å². The van der Waals surface area contributed by atoms with E-state index in [9.17, 15) is 14.0 Å². The number of benzene rings is 1. The van der Waals surface area contributed by atoms with E-state index in [1.165, 1.54) is 28.9 Å². The number of H-pyrrole nitrogens is 1. The number of hydrogen-bond donors (Lipinski definition) is 2. The highest BCUT2D eigenvalue weighted by molar-refractivity contribution is 6.32. The maximum atomic E-state index is 14.0. The number of imidazole rings is 1. The molecule has 3 heterocycles. The normalized spacial score (nSPS) is 11.9. The van der Waals surface area contributed by atoms with Crippen LogP contribution in [-0.4, -0.2) is 36.1 Å². The number of nitriles is 1. The highest BCUT2D eigenvalue weighted by atomic mass is 35.5. The van der Waals surface area contributed by atoms with E-state index in [4.69, 9.17) is 16.9 Å². The fraction of sp³-hybridized carbons (Fsp3) is 0.150. The molecule has 4 aromatic rings. The van der Waals surface area contributed by atoms with Crippen molar-refractivity contribution >= 4 is 23.2 Å². The summed E-state index contributed by atoms with van der Waals surface area (Å²) in [6.45, 7) is 2.13. The molecule has 2 N–H and O–H groups in total. The van der Waals surface area contributed by atoms with E-state index in [1.54, 1.807) is 36.0 Å². The van der Waals surface area contributed by atoms with E-state index in [-0.39, 0.29) is 28.0 Å². The molecular formula is C20H15ClFN7O2. The smallest absolute Gasteiger partial charge is 0.331 e. The molecule has 1 amide bonds. The summed E-state index contributed by atoms with van der Waals surface area (Å²) in [7, 11) is 0. The third-order valence-electron chi connectivity index (χ3n) is 4.55. The van der Waals surface area contributed by atoms with Gasteiger partial charge in [-0.1, -0.05) is 11.6 Å². The lowest BCUT2D eigenvalue weighted by molar-refractivity contribution is 0.0931. The van der Waals surface area contributed by atoms with E-state index in [0.29, 0.717) is 23.4 Å². The summed E-state index contributed by atoms with van der Waals surface area (Å²) >= 11 is 5.96. The zero-order valence-electron chi connectivity index (χ0n) is 16.1. The predicted molar refractivity (Wildman–Crippen MR) is 110 cm³/mol. The van der Waals surface area contributed by atoms with Crippen LogP contribution in [0.1, 0.15) is 23.0 Å². The number of nitrogens with zero attached hydrogens (tertiary/aromatic N) is 5. The van der Waals surface area contributed by atoms with Crippen molar-refractivity contribution < 1.29 is 9.18 Å². The summed E-state index contributed by atoms with van der Waals surface area (Å²) in [5.41, 5.74) is 0.796. The van der Waals surface area contributed by atoms with Gasteiger partial charge in [0.1, 0.15) is 28.8 Å². The summed E-state index contributed by atoms with van der Waals surface area (Å²) in [6.07, 6.45) is 4.51. The average molecular weight is 440 g/mol. The largest absolute Gasteiger partial charge is 0.346 e. The Morgan fingerprint density at radius 1 is 1.42 bits per heavy atom. The minimum atomic E-state index is -0.716. The Morgan fingerprint density at radius 2 is 2.23 bits per heavy atom. The Bertz CT molecular complexity index is 1380. The van der Waals surface area contributed by atoms with Crippen molar-refractivity contribution in [1.29, 1.82) is 5.26 Å². The second-order valence-electron chi connectivity index (χ2n) is 6.86. The molecule has 0 spiro atoms. The zero-order chi connectivity index (χ0) is 22.1. The van der Waals surface area contributed by atoms with Crippen LogP contribution in [0.3, 0.4) is 0 Å².